The predicted molar refractivity (Wildman–Crippen MR) is 113 cm³/mol. The number of nitrogens with two attached hydrogens (primary N) is 1. The lowest BCUT2D eigenvalue weighted by atomic mass is 10.2. The van der Waals surface area contributed by atoms with Gasteiger partial charge in [-0.3, -0.25) is 14.3 Å². The summed E-state index contributed by atoms with van der Waals surface area (Å²) < 4.78 is 20.2. The Morgan fingerprint density at radius 2 is 2.14 bits per heavy atom. The van der Waals surface area contributed by atoms with Gasteiger partial charge in [0.25, 0.3) is 5.56 Å². The molecule has 0 saturated heterocycles. The molecule has 0 bridgehead atoms. The van der Waals surface area contributed by atoms with Crippen LogP contribution >= 0.6 is 12.2 Å². The summed E-state index contributed by atoms with van der Waals surface area (Å²) in [4.78, 5) is 28.3. The van der Waals surface area contributed by atoms with Crippen molar-refractivity contribution in [3.05, 3.63) is 50.4 Å². The van der Waals surface area contributed by atoms with E-state index in [1.807, 2.05) is 6.92 Å². The third-order valence-electron chi connectivity index (χ3n) is 4.12. The number of aromatic amines is 1. The number of nitrogens with zero attached hydrogens (tertiary/aromatic N) is 2. The Kier molecular flexibility index (Phi) is 7.30. The standard InChI is InChI=1S/C18H24FN5O3S/c1-4-7-24-15(20)14(16(25)22-17(24)26)23(8-9-27-3)18(28)21-12-6-5-11(2)13(19)10-12/h5-6,10H,4,7-9,20H2,1-3H3,(H,21,28)(H,22,25,26). The van der Waals surface area contributed by atoms with Gasteiger partial charge in [-0.15, -0.1) is 0 Å². The summed E-state index contributed by atoms with van der Waals surface area (Å²) in [5.74, 6) is -0.379. The van der Waals surface area contributed by atoms with Crippen molar-refractivity contribution in [2.75, 3.05) is 36.2 Å². The summed E-state index contributed by atoms with van der Waals surface area (Å²) in [5, 5.41) is 3.03. The smallest absolute Gasteiger partial charge is 0.330 e. The zero-order chi connectivity index (χ0) is 20.8. The molecule has 8 nitrogen and oxygen atoms in total. The van der Waals surface area contributed by atoms with Crippen molar-refractivity contribution in [3.8, 4) is 0 Å². The third-order valence-corrected chi connectivity index (χ3v) is 4.44. The zero-order valence-electron chi connectivity index (χ0n) is 16.0. The molecule has 0 atom stereocenters. The maximum atomic E-state index is 13.8. The van der Waals surface area contributed by atoms with E-state index in [9.17, 15) is 14.0 Å². The van der Waals surface area contributed by atoms with E-state index in [-0.39, 0.29) is 35.6 Å². The van der Waals surface area contributed by atoms with Crippen molar-refractivity contribution in [1.29, 1.82) is 0 Å². The molecule has 0 aliphatic carbocycles. The number of thiocarbonyl (C=S) groups is 1. The van der Waals surface area contributed by atoms with Crippen molar-refractivity contribution in [1.82, 2.24) is 9.55 Å². The van der Waals surface area contributed by atoms with Crippen LogP contribution in [0.25, 0.3) is 0 Å². The Morgan fingerprint density at radius 1 is 1.43 bits per heavy atom. The molecule has 0 aliphatic heterocycles. The number of benzene rings is 1. The minimum Gasteiger partial charge on any atom is -0.383 e. The number of H-pyrrole nitrogens is 1. The molecule has 0 radical (unpaired) electrons. The van der Waals surface area contributed by atoms with Crippen LogP contribution in [0.2, 0.25) is 0 Å². The molecule has 1 aromatic carbocycles. The first-order valence-electron chi connectivity index (χ1n) is 8.76. The molecular weight excluding hydrogens is 385 g/mol. The van der Waals surface area contributed by atoms with E-state index in [2.05, 4.69) is 10.3 Å². The first kappa shape index (κ1) is 21.6. The zero-order valence-corrected chi connectivity index (χ0v) is 16.9. The topological polar surface area (TPSA) is 105 Å². The van der Waals surface area contributed by atoms with E-state index in [0.29, 0.717) is 24.2 Å². The second kappa shape index (κ2) is 9.47. The van der Waals surface area contributed by atoms with Gasteiger partial charge in [0, 0.05) is 25.9 Å². The summed E-state index contributed by atoms with van der Waals surface area (Å²) >= 11 is 5.43. The SMILES string of the molecule is CCCn1c(N)c(N(CCOC)C(=S)Nc2ccc(C)c(F)c2)c(=O)[nH]c1=O. The summed E-state index contributed by atoms with van der Waals surface area (Å²) in [7, 11) is 1.51. The van der Waals surface area contributed by atoms with E-state index >= 15 is 0 Å². The Labute approximate surface area is 167 Å². The molecular formula is C18H24FN5O3S. The van der Waals surface area contributed by atoms with Crippen molar-refractivity contribution >= 4 is 34.5 Å². The van der Waals surface area contributed by atoms with Gasteiger partial charge in [-0.2, -0.15) is 0 Å². The van der Waals surface area contributed by atoms with Crippen molar-refractivity contribution in [3.63, 3.8) is 0 Å². The Bertz CT molecular complexity index is 973. The third kappa shape index (κ3) is 4.76. The van der Waals surface area contributed by atoms with E-state index < -0.39 is 11.2 Å². The molecule has 10 heteroatoms. The second-order valence-electron chi connectivity index (χ2n) is 6.18. The molecule has 1 heterocycles. The minimum absolute atomic E-state index is 0.00550. The Morgan fingerprint density at radius 3 is 2.75 bits per heavy atom. The lowest BCUT2D eigenvalue weighted by molar-refractivity contribution is 0.208. The maximum absolute atomic E-state index is 13.8. The molecule has 0 aliphatic rings. The van der Waals surface area contributed by atoms with Gasteiger partial charge in [0.1, 0.15) is 11.6 Å². The Hall–Kier alpha value is -2.72. The van der Waals surface area contributed by atoms with Crippen LogP contribution in [0.1, 0.15) is 18.9 Å². The monoisotopic (exact) mass is 409 g/mol. The highest BCUT2D eigenvalue weighted by molar-refractivity contribution is 7.80. The molecule has 0 fully saturated rings. The molecule has 2 aromatic rings. The summed E-state index contributed by atoms with van der Waals surface area (Å²) in [6.07, 6.45) is 0.652. The number of hydrogen-bond donors (Lipinski definition) is 3. The van der Waals surface area contributed by atoms with E-state index in [0.717, 1.165) is 0 Å². The first-order valence-corrected chi connectivity index (χ1v) is 9.17. The van der Waals surface area contributed by atoms with Gasteiger partial charge in [0.2, 0.25) is 0 Å². The number of nitrogens with one attached hydrogen (secondary N) is 2. The van der Waals surface area contributed by atoms with Crippen molar-refractivity contribution in [2.45, 2.75) is 26.8 Å². The number of methoxy groups -OCH3 is 1. The highest BCUT2D eigenvalue weighted by atomic mass is 32.1. The number of ether oxygens (including phenoxy) is 1. The van der Waals surface area contributed by atoms with Crippen LogP contribution in [0, 0.1) is 12.7 Å². The van der Waals surface area contributed by atoms with E-state index in [1.54, 1.807) is 19.1 Å². The van der Waals surface area contributed by atoms with Gasteiger partial charge < -0.3 is 20.7 Å². The molecule has 0 spiro atoms. The van der Waals surface area contributed by atoms with Gasteiger partial charge in [0.15, 0.2) is 10.8 Å². The maximum Gasteiger partial charge on any atom is 0.330 e. The van der Waals surface area contributed by atoms with E-state index in [4.69, 9.17) is 22.7 Å². The van der Waals surface area contributed by atoms with Crippen LogP contribution in [-0.4, -0.2) is 34.9 Å². The van der Waals surface area contributed by atoms with Crippen LogP contribution in [0.3, 0.4) is 0 Å². The fourth-order valence-corrected chi connectivity index (χ4v) is 2.94. The summed E-state index contributed by atoms with van der Waals surface area (Å²) in [6.45, 7) is 4.33. The van der Waals surface area contributed by atoms with Gasteiger partial charge in [0.05, 0.1) is 6.61 Å². The fourth-order valence-electron chi connectivity index (χ4n) is 2.64. The number of nitrogen functional groups attached to an aromatic ring is 1. The minimum atomic E-state index is -0.662. The lowest BCUT2D eigenvalue weighted by Crippen LogP contribution is -2.44. The first-order chi connectivity index (χ1) is 13.3. The normalized spacial score (nSPS) is 10.7. The average molecular weight is 409 g/mol. The van der Waals surface area contributed by atoms with Gasteiger partial charge in [-0.05, 0) is 43.3 Å². The molecule has 2 rings (SSSR count). The van der Waals surface area contributed by atoms with Crippen LogP contribution < -0.4 is 27.2 Å². The highest BCUT2D eigenvalue weighted by Crippen LogP contribution is 2.20. The lowest BCUT2D eigenvalue weighted by Gasteiger charge is -2.27. The summed E-state index contributed by atoms with van der Waals surface area (Å²) in [6, 6.07) is 4.59. The molecule has 0 saturated carbocycles. The quantitative estimate of drug-likeness (QED) is 0.599. The van der Waals surface area contributed by atoms with Gasteiger partial charge in [-0.1, -0.05) is 13.0 Å². The van der Waals surface area contributed by atoms with Crippen LogP contribution in [0.5, 0.6) is 0 Å². The predicted octanol–water partition coefficient (Wildman–Crippen LogP) is 1.83. The van der Waals surface area contributed by atoms with Gasteiger partial charge in [-0.25, -0.2) is 9.18 Å². The van der Waals surface area contributed by atoms with Crippen LogP contribution in [0.4, 0.5) is 21.6 Å². The number of halogens is 1. The molecule has 152 valence electrons. The summed E-state index contributed by atoms with van der Waals surface area (Å²) in [5.41, 5.74) is 5.85. The Balaban J connectivity index is 2.47. The molecule has 0 amide bonds. The van der Waals surface area contributed by atoms with E-state index in [1.165, 1.54) is 22.6 Å². The second-order valence-corrected chi connectivity index (χ2v) is 6.57. The molecule has 1 aromatic heterocycles. The van der Waals surface area contributed by atoms with Crippen LogP contribution in [0.15, 0.2) is 27.8 Å². The van der Waals surface area contributed by atoms with Gasteiger partial charge >= 0.3 is 5.69 Å². The fraction of sp³-hybridized carbons (Fsp3) is 0.389. The number of anilines is 3. The van der Waals surface area contributed by atoms with Crippen molar-refractivity contribution in [2.24, 2.45) is 0 Å². The number of aryl methyl sites for hydroxylation is 1. The van der Waals surface area contributed by atoms with Crippen molar-refractivity contribution < 1.29 is 9.13 Å². The largest absolute Gasteiger partial charge is 0.383 e. The molecule has 4 N–H and O–H groups in total. The molecule has 0 unspecified atom stereocenters. The highest BCUT2D eigenvalue weighted by Gasteiger charge is 2.22. The van der Waals surface area contributed by atoms with Crippen LogP contribution in [-0.2, 0) is 11.3 Å². The number of hydrogen-bond acceptors (Lipinski definition) is 5. The molecule has 28 heavy (non-hydrogen) atoms. The average Bonchev–Trinajstić information content (AvgIpc) is 2.64. The number of aromatic nitrogens is 2. The number of rotatable bonds is 7.